The molecule has 2 nitrogen and oxygen atoms in total. The topological polar surface area (TPSA) is 49.8 Å². The molecule has 0 aliphatic rings. The van der Waals surface area contributed by atoms with E-state index in [0.717, 1.165) is 25.1 Å². The third kappa shape index (κ3) is 2.55. The van der Waals surface area contributed by atoms with Crippen molar-refractivity contribution in [2.75, 3.05) is 5.73 Å². The van der Waals surface area contributed by atoms with Gasteiger partial charge in [-0.05, 0) is 34.2 Å². The molecule has 0 atom stereocenters. The Balaban J connectivity index is 2.32. The van der Waals surface area contributed by atoms with Crippen molar-refractivity contribution in [3.8, 4) is 27.6 Å². The fourth-order valence-electron chi connectivity index (χ4n) is 2.25. The quantitative estimate of drug-likeness (QED) is 0.604. The maximum atomic E-state index is 9.30. The van der Waals surface area contributed by atoms with Crippen molar-refractivity contribution >= 4 is 39.6 Å². The van der Waals surface area contributed by atoms with Gasteiger partial charge in [-0.25, -0.2) is 0 Å². The Labute approximate surface area is 141 Å². The van der Waals surface area contributed by atoms with E-state index in [4.69, 9.17) is 5.73 Å². The molecule has 0 saturated carbocycles. The third-order valence-electron chi connectivity index (χ3n) is 3.23. The molecule has 0 spiro atoms. The number of anilines is 1. The maximum absolute atomic E-state index is 9.30. The lowest BCUT2D eigenvalue weighted by molar-refractivity contribution is 1.52. The Morgan fingerprint density at radius 2 is 1.67 bits per heavy atom. The Morgan fingerprint density at radius 1 is 1.00 bits per heavy atom. The molecular weight excluding hydrogens is 391 g/mol. The second kappa shape index (κ2) is 5.88. The number of nitrogen functional groups attached to an aromatic ring is 1. The number of hydrogen-bond acceptors (Lipinski definition) is 3. The van der Waals surface area contributed by atoms with Crippen molar-refractivity contribution in [3.63, 3.8) is 0 Å². The average molecular weight is 402 g/mol. The highest BCUT2D eigenvalue weighted by Gasteiger charge is 2.19. The summed E-state index contributed by atoms with van der Waals surface area (Å²) in [5.41, 5.74) is 9.92. The maximum Gasteiger partial charge on any atom is 0.129 e. The summed E-state index contributed by atoms with van der Waals surface area (Å²) in [6.45, 7) is 0. The largest absolute Gasteiger partial charge is 0.396 e. The molecule has 2 aromatic carbocycles. The average Bonchev–Trinajstić information content (AvgIpc) is 2.85. The molecule has 2 N–H and O–H groups in total. The molecule has 0 aliphatic carbocycles. The van der Waals surface area contributed by atoms with Crippen molar-refractivity contribution < 1.29 is 0 Å². The summed E-state index contributed by atoms with van der Waals surface area (Å²) in [5.74, 6) is 0. The fourth-order valence-corrected chi connectivity index (χ4v) is 4.17. The Hall–Kier alpha value is -1.84. The van der Waals surface area contributed by atoms with Crippen LogP contribution in [0.3, 0.4) is 0 Å². The van der Waals surface area contributed by atoms with Crippen LogP contribution in [-0.2, 0) is 0 Å². The Morgan fingerprint density at radius 3 is 2.33 bits per heavy atom. The van der Waals surface area contributed by atoms with E-state index in [1.807, 2.05) is 42.5 Å². The lowest BCUT2D eigenvalue weighted by Gasteiger charge is -2.07. The van der Waals surface area contributed by atoms with E-state index in [-0.39, 0.29) is 0 Å². The van der Waals surface area contributed by atoms with Crippen LogP contribution in [0.15, 0.2) is 54.6 Å². The van der Waals surface area contributed by atoms with Gasteiger partial charge in [-0.3, -0.25) is 0 Å². The van der Waals surface area contributed by atoms with E-state index >= 15 is 0 Å². The number of thiophene rings is 1. The highest BCUT2D eigenvalue weighted by molar-refractivity contribution is 14.1. The van der Waals surface area contributed by atoms with Crippen LogP contribution in [0.5, 0.6) is 0 Å². The summed E-state index contributed by atoms with van der Waals surface area (Å²) < 4.78 is 1.15. The van der Waals surface area contributed by atoms with Gasteiger partial charge in [0.2, 0.25) is 0 Å². The molecule has 1 aromatic heterocycles. The Kier molecular flexibility index (Phi) is 3.95. The van der Waals surface area contributed by atoms with Crippen LogP contribution in [0.4, 0.5) is 5.69 Å². The molecule has 102 valence electrons. The zero-order valence-electron chi connectivity index (χ0n) is 11.0. The van der Waals surface area contributed by atoms with Crippen molar-refractivity contribution in [1.82, 2.24) is 0 Å². The van der Waals surface area contributed by atoms with Gasteiger partial charge in [0.1, 0.15) is 10.9 Å². The molecule has 0 radical (unpaired) electrons. The summed E-state index contributed by atoms with van der Waals surface area (Å²) in [4.78, 5) is 1.63. The predicted molar refractivity (Wildman–Crippen MR) is 97.0 cm³/mol. The van der Waals surface area contributed by atoms with E-state index in [1.54, 1.807) is 0 Å². The van der Waals surface area contributed by atoms with Gasteiger partial charge < -0.3 is 5.73 Å². The SMILES string of the molecule is N#Cc1sc(-c2ccccc2I)c(-c2ccccc2)c1N. The first kappa shape index (κ1) is 14.1. The molecule has 0 bridgehead atoms. The summed E-state index contributed by atoms with van der Waals surface area (Å²) >= 11 is 3.77. The van der Waals surface area contributed by atoms with Crippen LogP contribution in [0.1, 0.15) is 4.88 Å². The first-order valence-corrected chi connectivity index (χ1v) is 8.24. The first-order chi connectivity index (χ1) is 10.2. The molecule has 0 amide bonds. The van der Waals surface area contributed by atoms with Gasteiger partial charge in [-0.15, -0.1) is 11.3 Å². The summed E-state index contributed by atoms with van der Waals surface area (Å²) in [6, 6.07) is 20.4. The second-order valence-corrected chi connectivity index (χ2v) is 6.69. The fraction of sp³-hybridized carbons (Fsp3) is 0. The summed E-state index contributed by atoms with van der Waals surface area (Å²) in [5, 5.41) is 9.30. The zero-order valence-corrected chi connectivity index (χ0v) is 14.0. The van der Waals surface area contributed by atoms with Gasteiger partial charge in [-0.2, -0.15) is 5.26 Å². The summed E-state index contributed by atoms with van der Waals surface area (Å²) in [7, 11) is 0. The normalized spacial score (nSPS) is 10.3. The number of rotatable bonds is 2. The number of halogens is 1. The lowest BCUT2D eigenvalue weighted by atomic mass is 10.0. The van der Waals surface area contributed by atoms with E-state index in [1.165, 1.54) is 11.3 Å². The van der Waals surface area contributed by atoms with Gasteiger partial charge in [0, 0.05) is 19.6 Å². The standard InChI is InChI=1S/C17H11IN2S/c18-13-9-5-4-8-12(13)17-15(11-6-2-1-3-7-11)16(20)14(10-19)21-17/h1-9H,20H2. The van der Waals surface area contributed by atoms with E-state index in [9.17, 15) is 5.26 Å². The highest BCUT2D eigenvalue weighted by atomic mass is 127. The van der Waals surface area contributed by atoms with Crippen LogP contribution < -0.4 is 5.73 Å². The molecule has 0 unspecified atom stereocenters. The van der Waals surface area contributed by atoms with Gasteiger partial charge >= 0.3 is 0 Å². The second-order valence-electron chi connectivity index (χ2n) is 4.51. The lowest BCUT2D eigenvalue weighted by Crippen LogP contribution is -1.90. The van der Waals surface area contributed by atoms with E-state index in [0.29, 0.717) is 10.6 Å². The van der Waals surface area contributed by atoms with Crippen LogP contribution >= 0.6 is 33.9 Å². The van der Waals surface area contributed by atoms with Crippen molar-refractivity contribution in [3.05, 3.63) is 63.0 Å². The monoisotopic (exact) mass is 402 g/mol. The molecule has 1 heterocycles. The van der Waals surface area contributed by atoms with Gasteiger partial charge in [0.15, 0.2) is 0 Å². The molecule has 3 aromatic rings. The van der Waals surface area contributed by atoms with Crippen molar-refractivity contribution in [2.24, 2.45) is 0 Å². The predicted octanol–water partition coefficient (Wildman–Crippen LogP) is 5.14. The van der Waals surface area contributed by atoms with Crippen LogP contribution in [-0.4, -0.2) is 0 Å². The molecule has 21 heavy (non-hydrogen) atoms. The minimum absolute atomic E-state index is 0.573. The molecule has 4 heteroatoms. The van der Waals surface area contributed by atoms with Gasteiger partial charge in [0.25, 0.3) is 0 Å². The van der Waals surface area contributed by atoms with Crippen LogP contribution in [0.2, 0.25) is 0 Å². The molecule has 0 aliphatic heterocycles. The first-order valence-electron chi connectivity index (χ1n) is 6.35. The minimum Gasteiger partial charge on any atom is -0.396 e. The number of nitriles is 1. The summed E-state index contributed by atoms with van der Waals surface area (Å²) in [6.07, 6.45) is 0. The smallest absolute Gasteiger partial charge is 0.129 e. The minimum atomic E-state index is 0.573. The zero-order chi connectivity index (χ0) is 14.8. The van der Waals surface area contributed by atoms with E-state index in [2.05, 4.69) is 40.8 Å². The number of nitrogens with two attached hydrogens (primary N) is 1. The van der Waals surface area contributed by atoms with Crippen LogP contribution in [0, 0.1) is 14.9 Å². The van der Waals surface area contributed by atoms with Crippen LogP contribution in [0.25, 0.3) is 21.6 Å². The van der Waals surface area contributed by atoms with Crippen molar-refractivity contribution in [2.45, 2.75) is 0 Å². The van der Waals surface area contributed by atoms with Gasteiger partial charge in [0.05, 0.1) is 5.69 Å². The molecular formula is C17H11IN2S. The molecule has 0 saturated heterocycles. The molecule has 0 fully saturated rings. The van der Waals surface area contributed by atoms with Gasteiger partial charge in [-0.1, -0.05) is 48.5 Å². The Bertz CT molecular complexity index is 832. The number of benzene rings is 2. The van der Waals surface area contributed by atoms with Crippen molar-refractivity contribution in [1.29, 1.82) is 5.26 Å². The molecule has 3 rings (SSSR count). The number of hydrogen-bond donors (Lipinski definition) is 1. The third-order valence-corrected chi connectivity index (χ3v) is 5.31. The van der Waals surface area contributed by atoms with E-state index < -0.39 is 0 Å². The number of nitrogens with zero attached hydrogens (tertiary/aromatic N) is 1. The highest BCUT2D eigenvalue weighted by Crippen LogP contribution is 2.45.